The molecule has 0 aliphatic carbocycles. The average molecular weight is 465 g/mol. The fourth-order valence-electron chi connectivity index (χ4n) is 3.72. The predicted molar refractivity (Wildman–Crippen MR) is 115 cm³/mol. The first kappa shape index (κ1) is 19.0. The van der Waals surface area contributed by atoms with Crippen LogP contribution in [0.5, 0.6) is 0 Å². The lowest BCUT2D eigenvalue weighted by Crippen LogP contribution is -2.38. The number of anilines is 1. The molecule has 0 bridgehead atoms. The number of carbonyl (C=O) groups is 2. The summed E-state index contributed by atoms with van der Waals surface area (Å²) in [5.74, 6) is 0.879. The van der Waals surface area contributed by atoms with Gasteiger partial charge in [0, 0.05) is 52.1 Å². The molecule has 1 aromatic carbocycles. The normalized spacial score (nSPS) is 23.5. The largest absolute Gasteiger partial charge is 0.342 e. The molecule has 2 atom stereocenters. The second-order valence-electron chi connectivity index (χ2n) is 6.87. The van der Waals surface area contributed by atoms with E-state index in [1.165, 1.54) is 4.88 Å². The summed E-state index contributed by atoms with van der Waals surface area (Å²) in [6.07, 6.45) is 1.29. The zero-order valence-electron chi connectivity index (χ0n) is 14.8. The minimum Gasteiger partial charge on any atom is -0.342 e. The van der Waals surface area contributed by atoms with Gasteiger partial charge < -0.3 is 9.80 Å². The van der Waals surface area contributed by atoms with Crippen molar-refractivity contribution in [2.75, 3.05) is 30.3 Å². The summed E-state index contributed by atoms with van der Waals surface area (Å²) >= 11 is 7.18. The maximum atomic E-state index is 13.1. The highest BCUT2D eigenvalue weighted by molar-refractivity contribution is 9.10. The van der Waals surface area contributed by atoms with E-state index in [1.54, 1.807) is 16.2 Å². The van der Waals surface area contributed by atoms with E-state index >= 15 is 0 Å². The quantitative estimate of drug-likeness (QED) is 0.667. The number of thioether (sulfide) groups is 1. The van der Waals surface area contributed by atoms with Crippen molar-refractivity contribution in [1.82, 2.24) is 4.90 Å². The van der Waals surface area contributed by atoms with Crippen molar-refractivity contribution in [3.8, 4) is 0 Å². The van der Waals surface area contributed by atoms with Crippen LogP contribution in [-0.2, 0) is 9.59 Å². The first-order valence-corrected chi connectivity index (χ1v) is 11.8. The van der Waals surface area contributed by atoms with Gasteiger partial charge in [-0.05, 0) is 36.1 Å². The van der Waals surface area contributed by atoms with Crippen LogP contribution in [0.25, 0.3) is 0 Å². The molecule has 0 saturated carbocycles. The molecule has 2 saturated heterocycles. The summed E-state index contributed by atoms with van der Waals surface area (Å²) in [6, 6.07) is 12.0. The van der Waals surface area contributed by atoms with Crippen LogP contribution in [0.3, 0.4) is 0 Å². The number of nitrogens with zero attached hydrogens (tertiary/aromatic N) is 2. The number of amides is 2. The summed E-state index contributed by atoms with van der Waals surface area (Å²) < 4.78 is 0.937. The van der Waals surface area contributed by atoms with Gasteiger partial charge in [0.15, 0.2) is 0 Å². The second kappa shape index (κ2) is 8.37. The van der Waals surface area contributed by atoms with E-state index in [1.807, 2.05) is 40.9 Å². The van der Waals surface area contributed by atoms with E-state index < -0.39 is 0 Å². The molecule has 0 radical (unpaired) electrons. The lowest BCUT2D eigenvalue weighted by molar-refractivity contribution is -0.135. The molecule has 2 aromatic rings. The van der Waals surface area contributed by atoms with E-state index in [0.717, 1.165) is 35.4 Å². The molecule has 3 heterocycles. The van der Waals surface area contributed by atoms with E-state index in [4.69, 9.17) is 0 Å². The van der Waals surface area contributed by atoms with Crippen molar-refractivity contribution in [3.63, 3.8) is 0 Å². The number of halogens is 1. The molecule has 2 aliphatic rings. The first-order chi connectivity index (χ1) is 13.1. The molecule has 2 amide bonds. The Morgan fingerprint density at radius 2 is 2.07 bits per heavy atom. The molecule has 0 spiro atoms. The van der Waals surface area contributed by atoms with Gasteiger partial charge in [-0.15, -0.1) is 11.3 Å². The molecule has 1 aromatic heterocycles. The minimum absolute atomic E-state index is 0.0344. The predicted octanol–water partition coefficient (Wildman–Crippen LogP) is 4.57. The van der Waals surface area contributed by atoms with E-state index in [2.05, 4.69) is 33.4 Å². The highest BCUT2D eigenvalue weighted by Crippen LogP contribution is 2.37. The summed E-state index contributed by atoms with van der Waals surface area (Å²) in [4.78, 5) is 30.7. The third-order valence-electron chi connectivity index (χ3n) is 5.11. The van der Waals surface area contributed by atoms with Crippen molar-refractivity contribution in [2.24, 2.45) is 5.92 Å². The number of benzene rings is 1. The molecule has 2 aliphatic heterocycles. The van der Waals surface area contributed by atoms with Crippen molar-refractivity contribution < 1.29 is 9.59 Å². The third kappa shape index (κ3) is 4.25. The fraction of sp³-hybridized carbons (Fsp3) is 0.400. The van der Waals surface area contributed by atoms with Crippen molar-refractivity contribution >= 4 is 56.5 Å². The number of carbonyl (C=O) groups excluding carboxylic acids is 2. The maximum absolute atomic E-state index is 13.1. The summed E-state index contributed by atoms with van der Waals surface area (Å²) in [7, 11) is 0. The Bertz CT molecular complexity index is 827. The Kier molecular flexibility index (Phi) is 5.90. The lowest BCUT2D eigenvalue weighted by atomic mass is 10.1. The van der Waals surface area contributed by atoms with Gasteiger partial charge in [0.2, 0.25) is 11.8 Å². The molecule has 2 unspecified atom stereocenters. The van der Waals surface area contributed by atoms with Gasteiger partial charge in [-0.25, -0.2) is 0 Å². The molecule has 7 heteroatoms. The van der Waals surface area contributed by atoms with Crippen LogP contribution in [0.2, 0.25) is 0 Å². The smallest absolute Gasteiger partial charge is 0.228 e. The van der Waals surface area contributed by atoms with Crippen LogP contribution in [-0.4, -0.2) is 42.1 Å². The average Bonchev–Trinajstić information content (AvgIpc) is 3.26. The van der Waals surface area contributed by atoms with E-state index in [-0.39, 0.29) is 17.7 Å². The Balaban J connectivity index is 1.40. The van der Waals surface area contributed by atoms with Gasteiger partial charge in [-0.1, -0.05) is 28.1 Å². The van der Waals surface area contributed by atoms with Gasteiger partial charge >= 0.3 is 0 Å². The Morgan fingerprint density at radius 1 is 1.19 bits per heavy atom. The van der Waals surface area contributed by atoms with Gasteiger partial charge in [-0.2, -0.15) is 11.8 Å². The van der Waals surface area contributed by atoms with Gasteiger partial charge in [0.25, 0.3) is 0 Å². The molecule has 4 rings (SSSR count). The zero-order chi connectivity index (χ0) is 18.8. The molecule has 142 valence electrons. The maximum Gasteiger partial charge on any atom is 0.228 e. The van der Waals surface area contributed by atoms with Crippen LogP contribution >= 0.6 is 39.0 Å². The number of thiophene rings is 1. The molecular weight excluding hydrogens is 444 g/mol. The molecule has 2 fully saturated rings. The van der Waals surface area contributed by atoms with Crippen LogP contribution in [0.15, 0.2) is 46.3 Å². The first-order valence-electron chi connectivity index (χ1n) is 9.11. The van der Waals surface area contributed by atoms with Crippen LogP contribution in [0, 0.1) is 5.92 Å². The van der Waals surface area contributed by atoms with Crippen LogP contribution in [0.1, 0.15) is 23.0 Å². The topological polar surface area (TPSA) is 40.6 Å². The van der Waals surface area contributed by atoms with Gasteiger partial charge in [-0.3, -0.25) is 9.59 Å². The van der Waals surface area contributed by atoms with E-state index in [0.29, 0.717) is 18.2 Å². The van der Waals surface area contributed by atoms with Crippen molar-refractivity contribution in [3.05, 3.63) is 51.1 Å². The third-order valence-corrected chi connectivity index (χ3v) is 8.05. The lowest BCUT2D eigenvalue weighted by Gasteiger charge is -2.24. The SMILES string of the molecule is O=C(C1CC(=O)N(c2cccc(Br)c2)C1)N1CCSC(c2cccs2)CC1. The molecule has 4 nitrogen and oxygen atoms in total. The second-order valence-corrected chi connectivity index (χ2v) is 10.1. The van der Waals surface area contributed by atoms with Crippen LogP contribution in [0.4, 0.5) is 5.69 Å². The minimum atomic E-state index is -0.236. The number of hydrogen-bond donors (Lipinski definition) is 0. The summed E-state index contributed by atoms with van der Waals surface area (Å²) in [5.41, 5.74) is 0.855. The van der Waals surface area contributed by atoms with Crippen LogP contribution < -0.4 is 4.90 Å². The Hall–Kier alpha value is -1.31. The van der Waals surface area contributed by atoms with E-state index in [9.17, 15) is 9.59 Å². The Morgan fingerprint density at radius 3 is 2.85 bits per heavy atom. The molecular formula is C20H21BrN2O2S2. The zero-order valence-corrected chi connectivity index (χ0v) is 18.1. The number of hydrogen-bond acceptors (Lipinski definition) is 4. The van der Waals surface area contributed by atoms with Gasteiger partial charge in [0.1, 0.15) is 0 Å². The standard InChI is InChI=1S/C20H21BrN2O2S2/c21-15-3-1-4-16(12-15)23-13-14(11-19(23)24)20(25)22-7-6-18(27-10-8-22)17-5-2-9-26-17/h1-5,9,12,14,18H,6-8,10-11,13H2. The highest BCUT2D eigenvalue weighted by atomic mass is 79.9. The summed E-state index contributed by atoms with van der Waals surface area (Å²) in [5, 5.41) is 2.59. The highest BCUT2D eigenvalue weighted by Gasteiger charge is 2.37. The molecule has 0 N–H and O–H groups in total. The fourth-order valence-corrected chi connectivity index (χ4v) is 6.34. The monoisotopic (exact) mass is 464 g/mol. The van der Waals surface area contributed by atoms with Gasteiger partial charge in [0.05, 0.1) is 5.92 Å². The van der Waals surface area contributed by atoms with Crippen molar-refractivity contribution in [2.45, 2.75) is 18.1 Å². The Labute approximate surface area is 176 Å². The number of rotatable bonds is 3. The molecule has 27 heavy (non-hydrogen) atoms. The van der Waals surface area contributed by atoms with Crippen molar-refractivity contribution in [1.29, 1.82) is 0 Å². The summed E-state index contributed by atoms with van der Waals surface area (Å²) in [6.45, 7) is 2.02.